The van der Waals surface area contributed by atoms with Gasteiger partial charge in [-0.15, -0.1) is 0 Å². The number of halogens is 1. The van der Waals surface area contributed by atoms with Gasteiger partial charge in [-0.1, -0.05) is 6.07 Å². The summed E-state index contributed by atoms with van der Waals surface area (Å²) >= 11 is 0. The fourth-order valence-electron chi connectivity index (χ4n) is 2.74. The van der Waals surface area contributed by atoms with E-state index in [4.69, 9.17) is 4.74 Å². The van der Waals surface area contributed by atoms with Gasteiger partial charge in [-0.05, 0) is 55.8 Å². The summed E-state index contributed by atoms with van der Waals surface area (Å²) in [6.07, 6.45) is 0.962. The molecule has 0 unspecified atom stereocenters. The van der Waals surface area contributed by atoms with Crippen LogP contribution in [-0.4, -0.2) is 39.7 Å². The average molecular weight is 408 g/mol. The molecule has 0 heterocycles. The molecular formula is C19H21FN2O5S. The minimum Gasteiger partial charge on any atom is -0.465 e. The van der Waals surface area contributed by atoms with Crippen molar-refractivity contribution in [3.05, 3.63) is 59.4 Å². The van der Waals surface area contributed by atoms with Gasteiger partial charge in [0.25, 0.3) is 0 Å². The lowest BCUT2D eigenvalue weighted by Gasteiger charge is -2.28. The Morgan fingerprint density at radius 1 is 1.14 bits per heavy atom. The first-order chi connectivity index (χ1) is 13.1. The first kappa shape index (κ1) is 21.4. The van der Waals surface area contributed by atoms with Gasteiger partial charge in [0.1, 0.15) is 11.9 Å². The molecule has 1 amide bonds. The molecule has 0 fully saturated rings. The minimum absolute atomic E-state index is 0.159. The third-order valence-corrected chi connectivity index (χ3v) is 5.41. The van der Waals surface area contributed by atoms with Crippen molar-refractivity contribution in [1.82, 2.24) is 0 Å². The summed E-state index contributed by atoms with van der Waals surface area (Å²) in [7, 11) is -2.58. The number of benzene rings is 2. The molecule has 0 bridgehead atoms. The summed E-state index contributed by atoms with van der Waals surface area (Å²) in [6, 6.07) is 8.39. The maximum absolute atomic E-state index is 13.2. The summed E-state index contributed by atoms with van der Waals surface area (Å²) in [5.74, 6) is -1.69. The summed E-state index contributed by atoms with van der Waals surface area (Å²) in [6.45, 7) is 3.06. The summed E-state index contributed by atoms with van der Waals surface area (Å²) in [5, 5.41) is 2.64. The summed E-state index contributed by atoms with van der Waals surface area (Å²) < 4.78 is 43.3. The standard InChI is InChI=1S/C19H21FN2O5S/c1-12-16(19(24)27-3)6-5-7-17(12)21-18(23)13(2)22(28(4,25)26)15-10-8-14(20)9-11-15/h5-11,13H,1-4H3,(H,21,23)/t13-/m0/s1. The Balaban J connectivity index is 2.34. The highest BCUT2D eigenvalue weighted by Gasteiger charge is 2.29. The van der Waals surface area contributed by atoms with Gasteiger partial charge in [0.05, 0.1) is 24.6 Å². The second-order valence-corrected chi connectivity index (χ2v) is 8.03. The second-order valence-electron chi connectivity index (χ2n) is 6.17. The molecule has 0 aromatic heterocycles. The van der Waals surface area contributed by atoms with E-state index in [1.165, 1.54) is 26.2 Å². The number of ether oxygens (including phenoxy) is 1. The molecule has 7 nitrogen and oxygen atoms in total. The fourth-order valence-corrected chi connectivity index (χ4v) is 3.91. The normalized spacial score (nSPS) is 12.2. The van der Waals surface area contributed by atoms with Gasteiger partial charge in [-0.3, -0.25) is 9.10 Å². The van der Waals surface area contributed by atoms with Crippen molar-refractivity contribution in [3.63, 3.8) is 0 Å². The maximum Gasteiger partial charge on any atom is 0.338 e. The van der Waals surface area contributed by atoms with E-state index < -0.39 is 33.8 Å². The van der Waals surface area contributed by atoms with Crippen molar-refractivity contribution in [2.24, 2.45) is 0 Å². The molecule has 0 radical (unpaired) electrons. The number of carbonyl (C=O) groups excluding carboxylic acids is 2. The molecule has 150 valence electrons. The summed E-state index contributed by atoms with van der Waals surface area (Å²) in [4.78, 5) is 24.5. The van der Waals surface area contributed by atoms with Crippen LogP contribution in [0.4, 0.5) is 15.8 Å². The van der Waals surface area contributed by atoms with E-state index in [1.54, 1.807) is 25.1 Å². The Kier molecular flexibility index (Phi) is 6.40. The Morgan fingerprint density at radius 2 is 1.75 bits per heavy atom. The Labute approximate surface area is 163 Å². The van der Waals surface area contributed by atoms with Crippen molar-refractivity contribution in [2.45, 2.75) is 19.9 Å². The lowest BCUT2D eigenvalue weighted by atomic mass is 10.1. The molecule has 0 aliphatic rings. The van der Waals surface area contributed by atoms with Gasteiger partial charge in [0.2, 0.25) is 15.9 Å². The quantitative estimate of drug-likeness (QED) is 0.742. The lowest BCUT2D eigenvalue weighted by molar-refractivity contribution is -0.116. The Bertz CT molecular complexity index is 990. The highest BCUT2D eigenvalue weighted by molar-refractivity contribution is 7.92. The minimum atomic E-state index is -3.83. The van der Waals surface area contributed by atoms with E-state index in [1.807, 2.05) is 0 Å². The molecule has 0 aliphatic carbocycles. The highest BCUT2D eigenvalue weighted by atomic mass is 32.2. The van der Waals surface area contributed by atoms with Crippen molar-refractivity contribution in [1.29, 1.82) is 0 Å². The number of anilines is 2. The third kappa shape index (κ3) is 4.66. The lowest BCUT2D eigenvalue weighted by Crippen LogP contribution is -2.45. The van der Waals surface area contributed by atoms with Crippen molar-refractivity contribution < 1.29 is 27.1 Å². The monoisotopic (exact) mass is 408 g/mol. The van der Waals surface area contributed by atoms with Crippen molar-refractivity contribution in [2.75, 3.05) is 23.0 Å². The van der Waals surface area contributed by atoms with E-state index >= 15 is 0 Å². The number of nitrogens with one attached hydrogen (secondary N) is 1. The van der Waals surface area contributed by atoms with Crippen molar-refractivity contribution in [3.8, 4) is 0 Å². The van der Waals surface area contributed by atoms with E-state index in [9.17, 15) is 22.4 Å². The zero-order chi connectivity index (χ0) is 21.1. The second kappa shape index (κ2) is 8.39. The fraction of sp³-hybridized carbons (Fsp3) is 0.263. The molecule has 28 heavy (non-hydrogen) atoms. The molecule has 1 atom stereocenters. The molecule has 0 spiro atoms. The molecule has 9 heteroatoms. The molecule has 0 aliphatic heterocycles. The number of sulfonamides is 1. The number of amides is 1. The maximum atomic E-state index is 13.2. The molecule has 0 saturated carbocycles. The van der Waals surface area contributed by atoms with Gasteiger partial charge < -0.3 is 10.1 Å². The van der Waals surface area contributed by atoms with Gasteiger partial charge >= 0.3 is 5.97 Å². The number of hydrogen-bond acceptors (Lipinski definition) is 5. The van der Waals surface area contributed by atoms with E-state index in [0.29, 0.717) is 11.3 Å². The number of methoxy groups -OCH3 is 1. The number of esters is 1. The number of carbonyl (C=O) groups is 2. The zero-order valence-corrected chi connectivity index (χ0v) is 16.7. The topological polar surface area (TPSA) is 92.8 Å². The zero-order valence-electron chi connectivity index (χ0n) is 15.9. The van der Waals surface area contributed by atoms with E-state index in [-0.39, 0.29) is 11.3 Å². The van der Waals surface area contributed by atoms with Gasteiger partial charge in [0, 0.05) is 5.69 Å². The Hall–Kier alpha value is -2.94. The summed E-state index contributed by atoms with van der Waals surface area (Å²) in [5.41, 5.74) is 1.29. The van der Waals surface area contributed by atoms with Gasteiger partial charge in [-0.2, -0.15) is 0 Å². The van der Waals surface area contributed by atoms with Crippen LogP contribution >= 0.6 is 0 Å². The molecule has 2 aromatic carbocycles. The first-order valence-electron chi connectivity index (χ1n) is 8.30. The SMILES string of the molecule is COC(=O)c1cccc(NC(=O)[C@H](C)N(c2ccc(F)cc2)S(C)(=O)=O)c1C. The van der Waals surface area contributed by atoms with Crippen LogP contribution in [0, 0.1) is 12.7 Å². The average Bonchev–Trinajstić information content (AvgIpc) is 2.63. The molecule has 1 N–H and O–H groups in total. The number of nitrogens with zero attached hydrogens (tertiary/aromatic N) is 1. The first-order valence-corrected chi connectivity index (χ1v) is 10.1. The molecule has 2 aromatic rings. The van der Waals surface area contributed by atoms with Crippen LogP contribution in [-0.2, 0) is 19.6 Å². The van der Waals surface area contributed by atoms with Gasteiger partial charge in [0.15, 0.2) is 0 Å². The van der Waals surface area contributed by atoms with Crippen LogP contribution < -0.4 is 9.62 Å². The predicted molar refractivity (Wildman–Crippen MR) is 104 cm³/mol. The smallest absolute Gasteiger partial charge is 0.338 e. The third-order valence-electron chi connectivity index (χ3n) is 4.17. The van der Waals surface area contributed by atoms with Crippen LogP contribution in [0.25, 0.3) is 0 Å². The molecule has 0 saturated heterocycles. The number of hydrogen-bond donors (Lipinski definition) is 1. The van der Waals surface area contributed by atoms with Crippen LogP contribution in [0.1, 0.15) is 22.8 Å². The molecular weight excluding hydrogens is 387 g/mol. The predicted octanol–water partition coefficient (Wildman–Crippen LogP) is 2.71. The van der Waals surface area contributed by atoms with E-state index in [2.05, 4.69) is 5.32 Å². The molecule has 2 rings (SSSR count). The Morgan fingerprint density at radius 3 is 2.29 bits per heavy atom. The van der Waals surface area contributed by atoms with Crippen LogP contribution in [0.3, 0.4) is 0 Å². The van der Waals surface area contributed by atoms with Crippen molar-refractivity contribution >= 4 is 33.3 Å². The van der Waals surface area contributed by atoms with E-state index in [0.717, 1.165) is 22.7 Å². The van der Waals surface area contributed by atoms with Crippen LogP contribution in [0.5, 0.6) is 0 Å². The number of rotatable bonds is 6. The van der Waals surface area contributed by atoms with Gasteiger partial charge in [-0.25, -0.2) is 17.6 Å². The largest absolute Gasteiger partial charge is 0.465 e. The highest BCUT2D eigenvalue weighted by Crippen LogP contribution is 2.24. The van der Waals surface area contributed by atoms with Crippen LogP contribution in [0.15, 0.2) is 42.5 Å². The van der Waals surface area contributed by atoms with Crippen LogP contribution in [0.2, 0.25) is 0 Å².